The van der Waals surface area contributed by atoms with Crippen LogP contribution in [-0.2, 0) is 6.54 Å². The fourth-order valence-electron chi connectivity index (χ4n) is 5.67. The molecule has 244 valence electrons. The molecule has 0 unspecified atom stereocenters. The zero-order chi connectivity index (χ0) is 33.0. The Labute approximate surface area is 276 Å². The van der Waals surface area contributed by atoms with E-state index < -0.39 is 0 Å². The van der Waals surface area contributed by atoms with E-state index in [4.69, 9.17) is 5.11 Å². The third-order valence-electron chi connectivity index (χ3n) is 8.29. The van der Waals surface area contributed by atoms with Crippen molar-refractivity contribution in [1.82, 2.24) is 25.0 Å². The number of unbranched alkanes of at least 4 members (excludes halogenated alkanes) is 4. The summed E-state index contributed by atoms with van der Waals surface area (Å²) in [4.78, 5) is 32.8. The van der Waals surface area contributed by atoms with Crippen LogP contribution in [0, 0.1) is 0 Å². The predicted octanol–water partition coefficient (Wildman–Crippen LogP) is 6.49. The molecule has 0 fully saturated rings. The van der Waals surface area contributed by atoms with E-state index in [1.807, 2.05) is 92.8 Å². The van der Waals surface area contributed by atoms with Crippen LogP contribution in [0.4, 0.5) is 11.4 Å². The van der Waals surface area contributed by atoms with E-state index in [0.717, 1.165) is 78.5 Å². The summed E-state index contributed by atoms with van der Waals surface area (Å²) in [6.45, 7) is 4.89. The van der Waals surface area contributed by atoms with Gasteiger partial charge in [0.05, 0.1) is 17.8 Å². The van der Waals surface area contributed by atoms with Gasteiger partial charge in [-0.25, -0.2) is 4.68 Å². The highest BCUT2D eigenvalue weighted by Crippen LogP contribution is 2.29. The van der Waals surface area contributed by atoms with Gasteiger partial charge in [-0.2, -0.15) is 5.10 Å². The fourth-order valence-corrected chi connectivity index (χ4v) is 5.67. The van der Waals surface area contributed by atoms with Gasteiger partial charge in [0.2, 0.25) is 0 Å². The monoisotopic (exact) mass is 632 g/mol. The molecule has 5 rings (SSSR count). The van der Waals surface area contributed by atoms with E-state index in [1.54, 1.807) is 12.3 Å². The van der Waals surface area contributed by atoms with Crippen molar-refractivity contribution in [3.05, 3.63) is 107 Å². The number of fused-ring (bicyclic) bond motifs is 1. The predicted molar refractivity (Wildman–Crippen MR) is 190 cm³/mol. The molecule has 9 heteroatoms. The maximum atomic E-state index is 13.3. The molecule has 0 saturated carbocycles. The molecular formula is C38H44N6O3. The van der Waals surface area contributed by atoms with Crippen LogP contribution in [0.2, 0.25) is 0 Å². The summed E-state index contributed by atoms with van der Waals surface area (Å²) in [5.41, 5.74) is 5.91. The molecule has 0 aliphatic carbocycles. The topological polar surface area (TPSA) is 112 Å². The molecule has 1 amide bonds. The van der Waals surface area contributed by atoms with Crippen molar-refractivity contribution in [3.63, 3.8) is 0 Å². The molecule has 0 bridgehead atoms. The molecule has 0 saturated heterocycles. The van der Waals surface area contributed by atoms with E-state index in [0.29, 0.717) is 30.0 Å². The lowest BCUT2D eigenvalue weighted by molar-refractivity contribution is 0.0953. The Morgan fingerprint density at radius 2 is 1.57 bits per heavy atom. The smallest absolute Gasteiger partial charge is 0.290 e. The first kappa shape index (κ1) is 33.5. The number of carbonyl (C=O) groups is 1. The highest BCUT2D eigenvalue weighted by molar-refractivity contribution is 5.95. The summed E-state index contributed by atoms with van der Waals surface area (Å²) in [5.74, 6) is -0.0790. The minimum Gasteiger partial charge on any atom is -0.395 e. The molecule has 2 aromatic heterocycles. The zero-order valence-electron chi connectivity index (χ0n) is 27.3. The summed E-state index contributed by atoms with van der Waals surface area (Å²) < 4.78 is 1.47. The van der Waals surface area contributed by atoms with Crippen molar-refractivity contribution in [1.29, 1.82) is 0 Å². The van der Waals surface area contributed by atoms with Crippen molar-refractivity contribution in [3.8, 4) is 22.4 Å². The Morgan fingerprint density at radius 3 is 2.40 bits per heavy atom. The molecule has 47 heavy (non-hydrogen) atoms. The lowest BCUT2D eigenvalue weighted by atomic mass is 9.99. The molecule has 0 atom stereocenters. The normalized spacial score (nSPS) is 11.2. The van der Waals surface area contributed by atoms with Gasteiger partial charge in [-0.3, -0.25) is 14.6 Å². The number of aliphatic hydroxyl groups is 1. The number of likely N-dealkylation sites (N-methyl/N-ethyl adjacent to an activating group) is 1. The van der Waals surface area contributed by atoms with Crippen LogP contribution in [0.5, 0.6) is 0 Å². The molecule has 5 aromatic rings. The molecule has 2 heterocycles. The van der Waals surface area contributed by atoms with Crippen molar-refractivity contribution in [2.24, 2.45) is 0 Å². The van der Waals surface area contributed by atoms with Gasteiger partial charge in [0.1, 0.15) is 5.69 Å². The second-order valence-electron chi connectivity index (χ2n) is 11.8. The van der Waals surface area contributed by atoms with Crippen LogP contribution in [0.3, 0.4) is 0 Å². The van der Waals surface area contributed by atoms with Gasteiger partial charge in [-0.1, -0.05) is 55.7 Å². The Kier molecular flexibility index (Phi) is 11.9. The number of benzene rings is 3. The van der Waals surface area contributed by atoms with Crippen LogP contribution in [0.25, 0.3) is 33.3 Å². The molecule has 9 nitrogen and oxygen atoms in total. The van der Waals surface area contributed by atoms with E-state index >= 15 is 0 Å². The first-order chi connectivity index (χ1) is 23.0. The number of hydrogen-bond acceptors (Lipinski definition) is 7. The van der Waals surface area contributed by atoms with Crippen LogP contribution < -0.4 is 16.2 Å². The molecule has 0 radical (unpaired) electrons. The summed E-state index contributed by atoms with van der Waals surface area (Å²) in [7, 11) is 2.03. The highest BCUT2D eigenvalue weighted by atomic mass is 16.3. The first-order valence-corrected chi connectivity index (χ1v) is 16.5. The second kappa shape index (κ2) is 16.6. The molecule has 0 spiro atoms. The standard InChI is InChI=1S/C38H44N6O3/c1-3-44-38(47)36(41-34-19-11-18-33-32(34)17-12-21-39-33)27-35(42-44)30-15-9-13-28(25-30)29-14-10-16-31(26-29)37(46)40-20-7-5-4-6-8-22-43(2)23-24-45/h9-19,21,25-27,41,45H,3-8,20,22-24H2,1-2H3,(H,40,46). The maximum absolute atomic E-state index is 13.3. The molecule has 3 aromatic carbocycles. The van der Waals surface area contributed by atoms with Gasteiger partial charge in [0.15, 0.2) is 0 Å². The third kappa shape index (κ3) is 8.90. The van der Waals surface area contributed by atoms with Crippen LogP contribution in [-0.4, -0.2) is 64.0 Å². The highest BCUT2D eigenvalue weighted by Gasteiger charge is 2.13. The number of aliphatic hydroxyl groups excluding tert-OH is 1. The largest absolute Gasteiger partial charge is 0.395 e. The average molecular weight is 633 g/mol. The lowest BCUT2D eigenvalue weighted by Gasteiger charge is -2.14. The number of hydrogen-bond donors (Lipinski definition) is 3. The number of carbonyl (C=O) groups excluding carboxylic acids is 1. The van der Waals surface area contributed by atoms with E-state index in [2.05, 4.69) is 25.6 Å². The summed E-state index contributed by atoms with van der Waals surface area (Å²) in [6, 6.07) is 27.1. The van der Waals surface area contributed by atoms with E-state index in [1.165, 1.54) is 4.68 Å². The van der Waals surface area contributed by atoms with Gasteiger partial charge in [0.25, 0.3) is 11.5 Å². The van der Waals surface area contributed by atoms with Crippen molar-refractivity contribution in [2.45, 2.75) is 45.6 Å². The molecular weight excluding hydrogens is 588 g/mol. The first-order valence-electron chi connectivity index (χ1n) is 16.5. The van der Waals surface area contributed by atoms with Crippen molar-refractivity contribution in [2.75, 3.05) is 38.6 Å². The summed E-state index contributed by atoms with van der Waals surface area (Å²) >= 11 is 0. The van der Waals surface area contributed by atoms with Crippen molar-refractivity contribution < 1.29 is 9.90 Å². The van der Waals surface area contributed by atoms with Crippen LogP contribution in [0.1, 0.15) is 49.4 Å². The minimum absolute atomic E-state index is 0.0790. The second-order valence-corrected chi connectivity index (χ2v) is 11.8. The zero-order valence-corrected chi connectivity index (χ0v) is 27.3. The van der Waals surface area contributed by atoms with Gasteiger partial charge in [0, 0.05) is 48.0 Å². The SMILES string of the molecule is CCn1nc(-c2cccc(-c3cccc(C(=O)NCCCCCCCN(C)CCO)c3)c2)cc(Nc2cccc3ncccc23)c1=O. The van der Waals surface area contributed by atoms with Gasteiger partial charge < -0.3 is 20.6 Å². The number of nitrogens with one attached hydrogen (secondary N) is 2. The number of nitrogens with zero attached hydrogens (tertiary/aromatic N) is 4. The number of amides is 1. The molecule has 3 N–H and O–H groups in total. The third-order valence-corrected chi connectivity index (χ3v) is 8.29. The lowest BCUT2D eigenvalue weighted by Crippen LogP contribution is -2.24. The van der Waals surface area contributed by atoms with E-state index in [-0.39, 0.29) is 18.1 Å². The fraction of sp³-hybridized carbons (Fsp3) is 0.316. The Bertz CT molecular complexity index is 1850. The van der Waals surface area contributed by atoms with E-state index in [9.17, 15) is 9.59 Å². The Morgan fingerprint density at radius 1 is 0.830 bits per heavy atom. The number of rotatable bonds is 16. The summed E-state index contributed by atoms with van der Waals surface area (Å²) in [5, 5.41) is 21.0. The quantitative estimate of drug-likeness (QED) is 0.107. The summed E-state index contributed by atoms with van der Waals surface area (Å²) in [6.07, 6.45) is 7.18. The van der Waals surface area contributed by atoms with Crippen molar-refractivity contribution >= 4 is 28.2 Å². The van der Waals surface area contributed by atoms with Gasteiger partial charge in [-0.15, -0.1) is 0 Å². The van der Waals surface area contributed by atoms with Crippen LogP contribution in [0.15, 0.2) is 95.9 Å². The van der Waals surface area contributed by atoms with Gasteiger partial charge >= 0.3 is 0 Å². The van der Waals surface area contributed by atoms with Gasteiger partial charge in [-0.05, 0) is 93.0 Å². The van der Waals surface area contributed by atoms with Crippen LogP contribution >= 0.6 is 0 Å². The molecule has 0 aliphatic heterocycles. The number of anilines is 2. The number of pyridine rings is 1. The average Bonchev–Trinajstić information content (AvgIpc) is 3.10. The molecule has 0 aliphatic rings. The number of aryl methyl sites for hydroxylation is 1. The number of aromatic nitrogens is 3. The maximum Gasteiger partial charge on any atom is 0.290 e. The minimum atomic E-state index is -0.200. The Hall–Kier alpha value is -4.86. The Balaban J connectivity index is 1.25.